The minimum atomic E-state index is 0.416. The molecule has 0 heterocycles. The van der Waals surface area contributed by atoms with Crippen molar-refractivity contribution in [2.75, 3.05) is 13.7 Å². The Morgan fingerprint density at radius 2 is 2.00 bits per heavy atom. The van der Waals surface area contributed by atoms with Gasteiger partial charge in [-0.25, -0.2) is 0 Å². The summed E-state index contributed by atoms with van der Waals surface area (Å²) in [6, 6.07) is 0.569. The largest absolute Gasteiger partial charge is 0.378 e. The smallest absolute Gasteiger partial charge is 0.0544 e. The first-order valence-electron chi connectivity index (χ1n) is 4.49. The molecule has 2 unspecified atom stereocenters. The van der Waals surface area contributed by atoms with Gasteiger partial charge in [0.15, 0.2) is 0 Å². The van der Waals surface area contributed by atoms with Crippen molar-refractivity contribution in [3.8, 4) is 0 Å². The van der Waals surface area contributed by atoms with Crippen molar-refractivity contribution >= 4 is 0 Å². The average Bonchev–Trinajstić information content (AvgIpc) is 2.04. The van der Waals surface area contributed by atoms with Gasteiger partial charge >= 0.3 is 0 Å². The van der Waals surface area contributed by atoms with Crippen molar-refractivity contribution in [3.63, 3.8) is 0 Å². The Morgan fingerprint density at radius 3 is 2.45 bits per heavy atom. The molecule has 0 aliphatic rings. The van der Waals surface area contributed by atoms with Gasteiger partial charge in [-0.05, 0) is 33.7 Å². The predicted octanol–water partition coefficient (Wildman–Crippen LogP) is 1.80. The summed E-state index contributed by atoms with van der Waals surface area (Å²) in [5.74, 6) is 0. The zero-order valence-corrected chi connectivity index (χ0v) is 8.18. The van der Waals surface area contributed by atoms with Crippen molar-refractivity contribution in [3.05, 3.63) is 0 Å². The highest BCUT2D eigenvalue weighted by molar-refractivity contribution is 4.56. The maximum absolute atomic E-state index is 5.52. The molecule has 0 amide bonds. The lowest BCUT2D eigenvalue weighted by atomic mass is 10.2. The SMILES string of the molecule is CCC(C)OCCC(C)NC. The van der Waals surface area contributed by atoms with E-state index in [0.717, 1.165) is 19.4 Å². The summed E-state index contributed by atoms with van der Waals surface area (Å²) in [5, 5.41) is 3.18. The zero-order valence-electron chi connectivity index (χ0n) is 8.18. The molecule has 0 aromatic carbocycles. The van der Waals surface area contributed by atoms with Gasteiger partial charge in [0.2, 0.25) is 0 Å². The summed E-state index contributed by atoms with van der Waals surface area (Å²) in [6.45, 7) is 7.30. The highest BCUT2D eigenvalue weighted by Crippen LogP contribution is 1.98. The minimum absolute atomic E-state index is 0.416. The molecular weight excluding hydrogens is 138 g/mol. The second-order valence-electron chi connectivity index (χ2n) is 3.07. The third-order valence-corrected chi connectivity index (χ3v) is 2.02. The molecule has 68 valence electrons. The normalized spacial score (nSPS) is 16.4. The predicted molar refractivity (Wildman–Crippen MR) is 48.8 cm³/mol. The van der Waals surface area contributed by atoms with Crippen LogP contribution in [-0.2, 0) is 4.74 Å². The molecule has 0 rings (SSSR count). The second kappa shape index (κ2) is 6.62. The molecule has 2 heteroatoms. The summed E-state index contributed by atoms with van der Waals surface area (Å²) in [5.41, 5.74) is 0. The molecule has 0 fully saturated rings. The molecule has 2 nitrogen and oxygen atoms in total. The van der Waals surface area contributed by atoms with Crippen LogP contribution in [0.15, 0.2) is 0 Å². The highest BCUT2D eigenvalue weighted by atomic mass is 16.5. The summed E-state index contributed by atoms with van der Waals surface area (Å²) >= 11 is 0. The number of rotatable bonds is 6. The van der Waals surface area contributed by atoms with Crippen molar-refractivity contribution < 1.29 is 4.74 Å². The summed E-state index contributed by atoms with van der Waals surface area (Å²) in [6.07, 6.45) is 2.62. The fourth-order valence-corrected chi connectivity index (χ4v) is 0.708. The van der Waals surface area contributed by atoms with E-state index < -0.39 is 0 Å². The van der Waals surface area contributed by atoms with E-state index in [1.54, 1.807) is 0 Å². The van der Waals surface area contributed by atoms with E-state index in [1.165, 1.54) is 0 Å². The van der Waals surface area contributed by atoms with Gasteiger partial charge in [-0.2, -0.15) is 0 Å². The fraction of sp³-hybridized carbons (Fsp3) is 1.00. The van der Waals surface area contributed by atoms with Crippen LogP contribution in [0.25, 0.3) is 0 Å². The van der Waals surface area contributed by atoms with E-state index in [2.05, 4.69) is 26.1 Å². The Labute approximate surface area is 70.3 Å². The van der Waals surface area contributed by atoms with Gasteiger partial charge in [-0.1, -0.05) is 6.92 Å². The van der Waals surface area contributed by atoms with Crippen LogP contribution in [0.4, 0.5) is 0 Å². The molecule has 1 N–H and O–H groups in total. The summed E-state index contributed by atoms with van der Waals surface area (Å²) in [4.78, 5) is 0. The molecule has 0 aliphatic carbocycles. The third kappa shape index (κ3) is 6.32. The first-order chi connectivity index (χ1) is 5.20. The molecular formula is C9H21NO. The van der Waals surface area contributed by atoms with Crippen molar-refractivity contribution in [2.24, 2.45) is 0 Å². The van der Waals surface area contributed by atoms with E-state index in [4.69, 9.17) is 4.74 Å². The molecule has 0 spiro atoms. The second-order valence-corrected chi connectivity index (χ2v) is 3.07. The van der Waals surface area contributed by atoms with Gasteiger partial charge in [0.05, 0.1) is 6.10 Å². The molecule has 0 aromatic heterocycles. The van der Waals surface area contributed by atoms with E-state index in [9.17, 15) is 0 Å². The number of nitrogens with one attached hydrogen (secondary N) is 1. The van der Waals surface area contributed by atoms with Crippen LogP contribution in [0.2, 0.25) is 0 Å². The van der Waals surface area contributed by atoms with Crippen LogP contribution in [0, 0.1) is 0 Å². The van der Waals surface area contributed by atoms with Gasteiger partial charge in [-0.3, -0.25) is 0 Å². The lowest BCUT2D eigenvalue weighted by Crippen LogP contribution is -2.23. The van der Waals surface area contributed by atoms with Crippen LogP contribution >= 0.6 is 0 Å². The number of hydrogen-bond acceptors (Lipinski definition) is 2. The Kier molecular flexibility index (Phi) is 6.57. The molecule has 0 saturated carbocycles. The maximum Gasteiger partial charge on any atom is 0.0544 e. The Morgan fingerprint density at radius 1 is 1.36 bits per heavy atom. The Bertz CT molecular complexity index is 75.6. The average molecular weight is 159 g/mol. The lowest BCUT2D eigenvalue weighted by molar-refractivity contribution is 0.0583. The van der Waals surface area contributed by atoms with Crippen LogP contribution in [0.1, 0.15) is 33.6 Å². The van der Waals surface area contributed by atoms with Gasteiger partial charge in [0, 0.05) is 12.6 Å². The van der Waals surface area contributed by atoms with Crippen LogP contribution < -0.4 is 5.32 Å². The number of ether oxygens (including phenoxy) is 1. The van der Waals surface area contributed by atoms with Crippen LogP contribution in [0.3, 0.4) is 0 Å². The summed E-state index contributed by atoms with van der Waals surface area (Å²) < 4.78 is 5.52. The molecule has 0 bridgehead atoms. The van der Waals surface area contributed by atoms with E-state index in [0.29, 0.717) is 12.1 Å². The van der Waals surface area contributed by atoms with Crippen LogP contribution in [0.5, 0.6) is 0 Å². The first kappa shape index (κ1) is 10.9. The van der Waals surface area contributed by atoms with Gasteiger partial charge in [-0.15, -0.1) is 0 Å². The van der Waals surface area contributed by atoms with Gasteiger partial charge in [0.25, 0.3) is 0 Å². The van der Waals surface area contributed by atoms with Crippen molar-refractivity contribution in [1.82, 2.24) is 5.32 Å². The molecule has 11 heavy (non-hydrogen) atoms. The zero-order chi connectivity index (χ0) is 8.69. The molecule has 2 atom stereocenters. The quantitative estimate of drug-likeness (QED) is 0.638. The van der Waals surface area contributed by atoms with Crippen molar-refractivity contribution in [2.45, 2.75) is 45.8 Å². The molecule has 0 aliphatic heterocycles. The summed E-state index contributed by atoms with van der Waals surface area (Å²) in [7, 11) is 1.98. The lowest BCUT2D eigenvalue weighted by Gasteiger charge is -2.13. The van der Waals surface area contributed by atoms with Crippen LogP contribution in [-0.4, -0.2) is 25.8 Å². The van der Waals surface area contributed by atoms with E-state index >= 15 is 0 Å². The van der Waals surface area contributed by atoms with E-state index in [1.807, 2.05) is 7.05 Å². The van der Waals surface area contributed by atoms with Gasteiger partial charge in [0.1, 0.15) is 0 Å². The standard InChI is InChI=1S/C9H21NO/c1-5-9(3)11-7-6-8(2)10-4/h8-10H,5-7H2,1-4H3. The Balaban J connectivity index is 3.13. The maximum atomic E-state index is 5.52. The third-order valence-electron chi connectivity index (χ3n) is 2.02. The first-order valence-corrected chi connectivity index (χ1v) is 4.49. The van der Waals surface area contributed by atoms with Crippen molar-refractivity contribution in [1.29, 1.82) is 0 Å². The minimum Gasteiger partial charge on any atom is -0.378 e. The highest BCUT2D eigenvalue weighted by Gasteiger charge is 2.00. The monoisotopic (exact) mass is 159 g/mol. The molecule has 0 saturated heterocycles. The van der Waals surface area contributed by atoms with Gasteiger partial charge < -0.3 is 10.1 Å². The Hall–Kier alpha value is -0.0800. The number of hydrogen-bond donors (Lipinski definition) is 1. The molecule has 0 radical (unpaired) electrons. The fourth-order valence-electron chi connectivity index (χ4n) is 0.708. The molecule has 0 aromatic rings. The topological polar surface area (TPSA) is 21.3 Å². The van der Waals surface area contributed by atoms with E-state index in [-0.39, 0.29) is 0 Å².